The fraction of sp³-hybridized carbons (Fsp3) is 0.100. The van der Waals surface area contributed by atoms with E-state index in [1.54, 1.807) is 30.3 Å². The Kier molecular flexibility index (Phi) is 5.38. The summed E-state index contributed by atoms with van der Waals surface area (Å²) < 4.78 is 29.3. The van der Waals surface area contributed by atoms with Crippen molar-refractivity contribution in [2.24, 2.45) is 0 Å². The summed E-state index contributed by atoms with van der Waals surface area (Å²) in [7, 11) is 1.38. The Hall–Kier alpha value is -3.79. The van der Waals surface area contributed by atoms with Gasteiger partial charge in [-0.15, -0.1) is 0 Å². The largest absolute Gasteiger partial charge is 0.494 e. The Labute approximate surface area is 154 Å². The number of carbonyl (C=O) groups is 1. The molecule has 0 bridgehead atoms. The molecular weight excluding hydrogens is 351 g/mol. The van der Waals surface area contributed by atoms with Crippen molar-refractivity contribution >= 4 is 11.6 Å². The highest BCUT2D eigenvalue weighted by atomic mass is 19.1. The number of halogens is 1. The second kappa shape index (κ2) is 8.06. The maximum Gasteiger partial charge on any atom is 0.291 e. The van der Waals surface area contributed by atoms with Crippen LogP contribution in [-0.2, 0) is 6.61 Å². The van der Waals surface area contributed by atoms with Gasteiger partial charge in [0.05, 0.1) is 18.4 Å². The van der Waals surface area contributed by atoms with E-state index in [9.17, 15) is 9.18 Å². The molecule has 1 heterocycles. The maximum atomic E-state index is 13.2. The minimum atomic E-state index is -0.511. The molecule has 0 saturated carbocycles. The first-order chi connectivity index (χ1) is 13.1. The smallest absolute Gasteiger partial charge is 0.291 e. The van der Waals surface area contributed by atoms with Gasteiger partial charge in [-0.25, -0.2) is 4.39 Å². The first-order valence-electron chi connectivity index (χ1n) is 7.96. The topological polar surface area (TPSA) is 84.5 Å². The van der Waals surface area contributed by atoms with Crippen LogP contribution in [0.25, 0.3) is 0 Å². The van der Waals surface area contributed by atoms with Crippen molar-refractivity contribution < 1.29 is 23.1 Å². The lowest BCUT2D eigenvalue weighted by molar-refractivity contribution is 0.0992. The average Bonchev–Trinajstić information content (AvgIpc) is 3.17. The zero-order chi connectivity index (χ0) is 19.2. The van der Waals surface area contributed by atoms with Crippen molar-refractivity contribution in [3.63, 3.8) is 0 Å². The van der Waals surface area contributed by atoms with Crippen molar-refractivity contribution in [2.45, 2.75) is 6.61 Å². The van der Waals surface area contributed by atoms with E-state index in [-0.39, 0.29) is 18.1 Å². The number of carbonyl (C=O) groups excluding carboxylic acids is 1. The zero-order valence-corrected chi connectivity index (χ0v) is 14.4. The fourth-order valence-corrected chi connectivity index (χ4v) is 2.36. The molecule has 0 fully saturated rings. The Bertz CT molecular complexity index is 1010. The van der Waals surface area contributed by atoms with Gasteiger partial charge in [0, 0.05) is 6.07 Å². The van der Waals surface area contributed by atoms with Gasteiger partial charge in [0.15, 0.2) is 5.76 Å². The summed E-state index contributed by atoms with van der Waals surface area (Å²) in [5, 5.41) is 11.7. The average molecular weight is 366 g/mol. The number of rotatable bonds is 6. The summed E-state index contributed by atoms with van der Waals surface area (Å²) in [5.41, 5.74) is 0.728. The summed E-state index contributed by atoms with van der Waals surface area (Å²) in [4.78, 5) is 12.3. The van der Waals surface area contributed by atoms with E-state index in [0.717, 1.165) is 0 Å². The first kappa shape index (κ1) is 18.0. The molecule has 136 valence electrons. The van der Waals surface area contributed by atoms with E-state index in [1.165, 1.54) is 31.4 Å². The second-order valence-electron chi connectivity index (χ2n) is 5.46. The molecule has 27 heavy (non-hydrogen) atoms. The number of nitrogens with one attached hydrogen (secondary N) is 1. The molecule has 2 aromatic carbocycles. The van der Waals surface area contributed by atoms with Gasteiger partial charge >= 0.3 is 0 Å². The molecular formula is C20H15FN2O4. The summed E-state index contributed by atoms with van der Waals surface area (Å²) in [6.07, 6.45) is 0. The number of hydrogen-bond acceptors (Lipinski definition) is 5. The second-order valence-corrected chi connectivity index (χ2v) is 5.46. The van der Waals surface area contributed by atoms with Crippen LogP contribution in [0.1, 0.15) is 21.9 Å². The van der Waals surface area contributed by atoms with Gasteiger partial charge < -0.3 is 19.2 Å². The molecule has 6 nitrogen and oxygen atoms in total. The van der Waals surface area contributed by atoms with Crippen LogP contribution in [0, 0.1) is 17.1 Å². The molecule has 7 heteroatoms. The molecule has 3 aromatic rings. The van der Waals surface area contributed by atoms with Crippen molar-refractivity contribution in [2.75, 3.05) is 12.4 Å². The van der Waals surface area contributed by atoms with Crippen LogP contribution in [0.15, 0.2) is 59.0 Å². The van der Waals surface area contributed by atoms with Crippen molar-refractivity contribution in [1.29, 1.82) is 5.26 Å². The van der Waals surface area contributed by atoms with E-state index in [2.05, 4.69) is 5.32 Å². The SMILES string of the molecule is COc1cc(F)ccc1NC(=O)c1ccc(COc2ccccc2C#N)o1. The number of para-hydroxylation sites is 1. The van der Waals surface area contributed by atoms with E-state index in [4.69, 9.17) is 19.2 Å². The Morgan fingerprint density at radius 3 is 2.78 bits per heavy atom. The van der Waals surface area contributed by atoms with Crippen LogP contribution in [0.5, 0.6) is 11.5 Å². The number of methoxy groups -OCH3 is 1. The fourth-order valence-electron chi connectivity index (χ4n) is 2.36. The lowest BCUT2D eigenvalue weighted by atomic mass is 10.2. The molecule has 0 aliphatic carbocycles. The Morgan fingerprint density at radius 2 is 2.00 bits per heavy atom. The van der Waals surface area contributed by atoms with Crippen molar-refractivity contribution in [3.8, 4) is 17.6 Å². The number of furan rings is 1. The number of benzene rings is 2. The summed E-state index contributed by atoms with van der Waals surface area (Å²) in [5.74, 6) is 0.126. The zero-order valence-electron chi connectivity index (χ0n) is 14.4. The molecule has 0 spiro atoms. The summed E-state index contributed by atoms with van der Waals surface area (Å²) in [6, 6.07) is 15.7. The van der Waals surface area contributed by atoms with Crippen molar-refractivity contribution in [3.05, 3.63) is 77.5 Å². The standard InChI is InChI=1S/C20H15FN2O4/c1-25-19-10-14(21)6-8-16(19)23-20(24)18-9-7-15(27-18)12-26-17-5-3-2-4-13(17)11-22/h2-10H,12H2,1H3,(H,23,24). The normalized spacial score (nSPS) is 10.1. The van der Waals surface area contributed by atoms with Crippen molar-refractivity contribution in [1.82, 2.24) is 0 Å². The highest BCUT2D eigenvalue weighted by Crippen LogP contribution is 2.26. The molecule has 0 radical (unpaired) electrons. The minimum absolute atomic E-state index is 0.0614. The minimum Gasteiger partial charge on any atom is -0.494 e. The molecule has 0 saturated heterocycles. The predicted octanol–water partition coefficient (Wildman–Crippen LogP) is 4.13. The molecule has 0 unspecified atom stereocenters. The van der Waals surface area contributed by atoms with E-state index >= 15 is 0 Å². The molecule has 1 aromatic heterocycles. The third-order valence-electron chi connectivity index (χ3n) is 3.67. The number of nitrogens with zero attached hydrogens (tertiary/aromatic N) is 1. The Morgan fingerprint density at radius 1 is 1.19 bits per heavy atom. The quantitative estimate of drug-likeness (QED) is 0.709. The lowest BCUT2D eigenvalue weighted by Crippen LogP contribution is -2.12. The summed E-state index contributed by atoms with van der Waals surface area (Å²) in [6.45, 7) is 0.0614. The van der Waals surface area contributed by atoms with Crippen LogP contribution in [-0.4, -0.2) is 13.0 Å². The van der Waals surface area contributed by atoms with Gasteiger partial charge in [0.2, 0.25) is 0 Å². The third kappa shape index (κ3) is 4.25. The number of hydrogen-bond donors (Lipinski definition) is 1. The highest BCUT2D eigenvalue weighted by Gasteiger charge is 2.15. The number of ether oxygens (including phenoxy) is 2. The molecule has 0 atom stereocenters. The number of nitriles is 1. The lowest BCUT2D eigenvalue weighted by Gasteiger charge is -2.09. The van der Waals surface area contributed by atoms with Crippen LogP contribution in [0.2, 0.25) is 0 Å². The third-order valence-corrected chi connectivity index (χ3v) is 3.67. The molecule has 0 aliphatic heterocycles. The molecule has 1 amide bonds. The first-order valence-corrected chi connectivity index (χ1v) is 7.96. The molecule has 1 N–H and O–H groups in total. The van der Waals surface area contributed by atoms with Gasteiger partial charge in [-0.05, 0) is 36.4 Å². The molecule has 3 rings (SSSR count). The monoisotopic (exact) mass is 366 g/mol. The van der Waals surface area contributed by atoms with E-state index in [1.807, 2.05) is 6.07 Å². The number of amides is 1. The Balaban J connectivity index is 1.67. The van der Waals surface area contributed by atoms with Crippen LogP contribution in [0.3, 0.4) is 0 Å². The molecule has 0 aliphatic rings. The van der Waals surface area contributed by atoms with Gasteiger partial charge in [-0.3, -0.25) is 4.79 Å². The van der Waals surface area contributed by atoms with E-state index in [0.29, 0.717) is 22.8 Å². The van der Waals surface area contributed by atoms with E-state index < -0.39 is 11.7 Å². The summed E-state index contributed by atoms with van der Waals surface area (Å²) >= 11 is 0. The number of anilines is 1. The van der Waals surface area contributed by atoms with Crippen LogP contribution < -0.4 is 14.8 Å². The van der Waals surface area contributed by atoms with Gasteiger partial charge in [-0.2, -0.15) is 5.26 Å². The van der Waals surface area contributed by atoms with Crippen LogP contribution in [0.4, 0.5) is 10.1 Å². The van der Waals surface area contributed by atoms with Gasteiger partial charge in [0.1, 0.15) is 35.8 Å². The van der Waals surface area contributed by atoms with Gasteiger partial charge in [-0.1, -0.05) is 12.1 Å². The predicted molar refractivity (Wildman–Crippen MR) is 95.1 cm³/mol. The maximum absolute atomic E-state index is 13.2. The van der Waals surface area contributed by atoms with Crippen LogP contribution >= 0.6 is 0 Å². The van der Waals surface area contributed by atoms with Gasteiger partial charge in [0.25, 0.3) is 5.91 Å². The highest BCUT2D eigenvalue weighted by molar-refractivity contribution is 6.03.